The standard InChI is InChI=1S/C33H60O7/c1-22(2)11-24(5)13-26(7)28-9-10-33(32(15-28)27(8)14-25(6)12-23(3)4)40-21-31(37)20-39-19-30(36)18-38-17-29(35)16-34/h9-10,15,22-27,29-31,34-37H,11-14,16-21H2,1-8H3. The van der Waals surface area contributed by atoms with E-state index in [1.165, 1.54) is 24.0 Å². The van der Waals surface area contributed by atoms with E-state index in [9.17, 15) is 15.3 Å². The molecule has 0 aliphatic heterocycles. The van der Waals surface area contributed by atoms with Crippen LogP contribution in [0.3, 0.4) is 0 Å². The topological polar surface area (TPSA) is 109 Å². The van der Waals surface area contributed by atoms with Gasteiger partial charge in [-0.25, -0.2) is 0 Å². The van der Waals surface area contributed by atoms with Crippen molar-refractivity contribution in [3.05, 3.63) is 29.3 Å². The van der Waals surface area contributed by atoms with Crippen LogP contribution in [0.1, 0.15) is 104 Å². The van der Waals surface area contributed by atoms with E-state index in [1.54, 1.807) is 0 Å². The first-order chi connectivity index (χ1) is 18.8. The molecule has 0 aliphatic rings. The zero-order chi connectivity index (χ0) is 30.2. The number of hydrogen-bond donors (Lipinski definition) is 4. The molecule has 0 spiro atoms. The van der Waals surface area contributed by atoms with Crippen molar-refractivity contribution in [1.82, 2.24) is 0 Å². The molecule has 0 aromatic heterocycles. The molecule has 4 N–H and O–H groups in total. The maximum absolute atomic E-state index is 10.5. The highest BCUT2D eigenvalue weighted by Gasteiger charge is 2.20. The Hall–Kier alpha value is -1.22. The Labute approximate surface area is 244 Å². The molecule has 234 valence electrons. The molecule has 0 heterocycles. The molecule has 1 aromatic rings. The summed E-state index contributed by atoms with van der Waals surface area (Å²) in [4.78, 5) is 0. The second-order valence-electron chi connectivity index (χ2n) is 13.1. The van der Waals surface area contributed by atoms with E-state index < -0.39 is 24.9 Å². The van der Waals surface area contributed by atoms with Crippen molar-refractivity contribution in [1.29, 1.82) is 0 Å². The third-order valence-corrected chi connectivity index (χ3v) is 7.28. The lowest BCUT2D eigenvalue weighted by Gasteiger charge is -2.25. The van der Waals surface area contributed by atoms with Crippen LogP contribution in [0.15, 0.2) is 18.2 Å². The molecular weight excluding hydrogens is 508 g/mol. The first kappa shape index (κ1) is 36.8. The van der Waals surface area contributed by atoms with Gasteiger partial charge in [0.25, 0.3) is 0 Å². The molecular formula is C33H60O7. The molecule has 40 heavy (non-hydrogen) atoms. The number of benzene rings is 1. The van der Waals surface area contributed by atoms with Gasteiger partial charge in [0.05, 0.1) is 33.0 Å². The maximum atomic E-state index is 10.5. The second kappa shape index (κ2) is 19.8. The third-order valence-electron chi connectivity index (χ3n) is 7.28. The highest BCUT2D eigenvalue weighted by molar-refractivity contribution is 5.41. The van der Waals surface area contributed by atoms with Gasteiger partial charge in [-0.2, -0.15) is 0 Å². The van der Waals surface area contributed by atoms with Crippen LogP contribution < -0.4 is 4.74 Å². The molecule has 0 saturated heterocycles. The van der Waals surface area contributed by atoms with Crippen molar-refractivity contribution in [2.75, 3.05) is 39.6 Å². The number of rotatable bonds is 22. The van der Waals surface area contributed by atoms with Crippen molar-refractivity contribution in [2.45, 2.75) is 111 Å². The van der Waals surface area contributed by atoms with E-state index in [2.05, 4.69) is 73.6 Å². The van der Waals surface area contributed by atoms with Crippen molar-refractivity contribution >= 4 is 0 Å². The smallest absolute Gasteiger partial charge is 0.122 e. The third kappa shape index (κ3) is 15.7. The molecule has 0 aliphatic carbocycles. The predicted molar refractivity (Wildman–Crippen MR) is 162 cm³/mol. The Morgan fingerprint density at radius 2 is 1.07 bits per heavy atom. The molecule has 0 amide bonds. The summed E-state index contributed by atoms with van der Waals surface area (Å²) in [6.07, 6.45) is 1.96. The summed E-state index contributed by atoms with van der Waals surface area (Å²) >= 11 is 0. The molecule has 0 saturated carbocycles. The average molecular weight is 569 g/mol. The number of aliphatic hydroxyl groups excluding tert-OH is 4. The summed E-state index contributed by atoms with van der Waals surface area (Å²) in [6, 6.07) is 6.55. The lowest BCUT2D eigenvalue weighted by Crippen LogP contribution is -2.29. The van der Waals surface area contributed by atoms with Gasteiger partial charge in [0.1, 0.15) is 30.7 Å². The Bertz CT molecular complexity index is 784. The van der Waals surface area contributed by atoms with Gasteiger partial charge in [0, 0.05) is 0 Å². The number of ether oxygens (including phenoxy) is 3. The van der Waals surface area contributed by atoms with E-state index in [-0.39, 0.29) is 33.0 Å². The van der Waals surface area contributed by atoms with E-state index in [4.69, 9.17) is 19.3 Å². The summed E-state index contributed by atoms with van der Waals surface area (Å²) in [5.41, 5.74) is 2.54. The predicted octanol–water partition coefficient (Wildman–Crippen LogP) is 5.53. The Morgan fingerprint density at radius 3 is 1.57 bits per heavy atom. The van der Waals surface area contributed by atoms with Gasteiger partial charge in [0.15, 0.2) is 0 Å². The Balaban J connectivity index is 2.79. The van der Waals surface area contributed by atoms with Gasteiger partial charge in [-0.15, -0.1) is 0 Å². The minimum Gasteiger partial charge on any atom is -0.491 e. The van der Waals surface area contributed by atoms with Crippen molar-refractivity contribution < 1.29 is 34.6 Å². The van der Waals surface area contributed by atoms with Gasteiger partial charge < -0.3 is 34.6 Å². The normalized spacial score (nSPS) is 17.4. The highest BCUT2D eigenvalue weighted by atomic mass is 16.5. The molecule has 0 fully saturated rings. The molecule has 7 nitrogen and oxygen atoms in total. The fraction of sp³-hybridized carbons (Fsp3) is 0.818. The lowest BCUT2D eigenvalue weighted by atomic mass is 9.83. The first-order valence-electron chi connectivity index (χ1n) is 15.4. The SMILES string of the molecule is CC(C)CC(C)CC(C)c1ccc(OCC(O)COCC(O)COCC(O)CO)c(C(C)CC(C)CC(C)C)c1. The van der Waals surface area contributed by atoms with Crippen LogP contribution in [0.5, 0.6) is 5.75 Å². The van der Waals surface area contributed by atoms with E-state index in [0.29, 0.717) is 35.5 Å². The second-order valence-corrected chi connectivity index (χ2v) is 13.1. The van der Waals surface area contributed by atoms with Gasteiger partial charge in [-0.3, -0.25) is 0 Å². The molecule has 7 unspecified atom stereocenters. The van der Waals surface area contributed by atoms with Crippen molar-refractivity contribution in [3.8, 4) is 5.75 Å². The van der Waals surface area contributed by atoms with Crippen LogP contribution in [0, 0.1) is 23.7 Å². The molecule has 1 rings (SSSR count). The first-order valence-corrected chi connectivity index (χ1v) is 15.4. The fourth-order valence-corrected chi connectivity index (χ4v) is 5.68. The van der Waals surface area contributed by atoms with E-state index in [0.717, 1.165) is 18.6 Å². The van der Waals surface area contributed by atoms with Crippen molar-refractivity contribution in [3.63, 3.8) is 0 Å². The monoisotopic (exact) mass is 568 g/mol. The zero-order valence-electron chi connectivity index (χ0n) is 26.5. The quantitative estimate of drug-likeness (QED) is 0.146. The molecule has 0 radical (unpaired) electrons. The Kier molecular flexibility index (Phi) is 18.2. The summed E-state index contributed by atoms with van der Waals surface area (Å²) in [5, 5.41) is 38.5. The van der Waals surface area contributed by atoms with Crippen LogP contribution in [-0.2, 0) is 9.47 Å². The average Bonchev–Trinajstić information content (AvgIpc) is 2.86. The molecule has 1 aromatic carbocycles. The van der Waals surface area contributed by atoms with Crippen LogP contribution in [0.2, 0.25) is 0 Å². The van der Waals surface area contributed by atoms with Crippen LogP contribution >= 0.6 is 0 Å². The van der Waals surface area contributed by atoms with Crippen LogP contribution in [-0.4, -0.2) is 78.4 Å². The van der Waals surface area contributed by atoms with E-state index in [1.807, 2.05) is 0 Å². The van der Waals surface area contributed by atoms with Crippen LogP contribution in [0.25, 0.3) is 0 Å². The lowest BCUT2D eigenvalue weighted by molar-refractivity contribution is -0.0616. The van der Waals surface area contributed by atoms with Gasteiger partial charge >= 0.3 is 0 Å². The molecule has 7 atom stereocenters. The highest BCUT2D eigenvalue weighted by Crippen LogP contribution is 2.36. The maximum Gasteiger partial charge on any atom is 0.122 e. The van der Waals surface area contributed by atoms with Crippen molar-refractivity contribution in [2.24, 2.45) is 23.7 Å². The minimum absolute atomic E-state index is 0.00980. The van der Waals surface area contributed by atoms with Gasteiger partial charge in [0.2, 0.25) is 0 Å². The number of hydrogen-bond acceptors (Lipinski definition) is 7. The molecule has 7 heteroatoms. The summed E-state index contributed by atoms with van der Waals surface area (Å²) < 4.78 is 16.7. The minimum atomic E-state index is -0.969. The molecule has 0 bridgehead atoms. The fourth-order valence-electron chi connectivity index (χ4n) is 5.68. The summed E-state index contributed by atoms with van der Waals surface area (Å²) in [5.74, 6) is 4.25. The number of aliphatic hydroxyl groups is 4. The van der Waals surface area contributed by atoms with E-state index >= 15 is 0 Å². The van der Waals surface area contributed by atoms with Crippen LogP contribution in [0.4, 0.5) is 0 Å². The van der Waals surface area contributed by atoms with Gasteiger partial charge in [-0.05, 0) is 78.4 Å². The Morgan fingerprint density at radius 1 is 0.600 bits per heavy atom. The largest absolute Gasteiger partial charge is 0.491 e. The van der Waals surface area contributed by atoms with Gasteiger partial charge in [-0.1, -0.05) is 67.5 Å². The zero-order valence-corrected chi connectivity index (χ0v) is 26.5. The summed E-state index contributed by atoms with van der Waals surface area (Å²) in [7, 11) is 0. The summed E-state index contributed by atoms with van der Waals surface area (Å²) in [6.45, 7) is 18.0.